The second kappa shape index (κ2) is 5.88. The predicted octanol–water partition coefficient (Wildman–Crippen LogP) is 2.33. The molecule has 0 saturated carbocycles. The lowest BCUT2D eigenvalue weighted by molar-refractivity contribution is -0.135. The van der Waals surface area contributed by atoms with Crippen molar-refractivity contribution in [3.63, 3.8) is 0 Å². The van der Waals surface area contributed by atoms with Crippen LogP contribution >= 0.6 is 11.6 Å². The standard InChI is InChI=1S/C12H9ClO5/c13-9-4-2-1-3-8(9)10(15)5-7(14)6-11(16)12(17)18/h1-6,15-16H,(H,17,18)/b10-5-,11-6-. The molecule has 0 spiro atoms. The highest BCUT2D eigenvalue weighted by atomic mass is 35.5. The summed E-state index contributed by atoms with van der Waals surface area (Å²) in [6, 6.07) is 6.27. The quantitative estimate of drug-likeness (QED) is 0.575. The Balaban J connectivity index is 2.98. The summed E-state index contributed by atoms with van der Waals surface area (Å²) in [4.78, 5) is 21.5. The van der Waals surface area contributed by atoms with Gasteiger partial charge in [-0.15, -0.1) is 0 Å². The number of hydrogen-bond donors (Lipinski definition) is 3. The van der Waals surface area contributed by atoms with Crippen LogP contribution in [0.1, 0.15) is 5.56 Å². The van der Waals surface area contributed by atoms with Gasteiger partial charge in [-0.05, 0) is 12.1 Å². The first-order chi connectivity index (χ1) is 8.41. The molecule has 0 radical (unpaired) electrons. The van der Waals surface area contributed by atoms with Gasteiger partial charge in [0.25, 0.3) is 0 Å². The number of hydrogen-bond acceptors (Lipinski definition) is 4. The van der Waals surface area contributed by atoms with Gasteiger partial charge in [-0.3, -0.25) is 4.79 Å². The average molecular weight is 269 g/mol. The Kier molecular flexibility index (Phi) is 4.51. The van der Waals surface area contributed by atoms with Crippen molar-refractivity contribution >= 4 is 29.1 Å². The third-order valence-corrected chi connectivity index (χ3v) is 2.26. The Bertz CT molecular complexity index is 545. The van der Waals surface area contributed by atoms with Crippen LogP contribution < -0.4 is 0 Å². The second-order valence-electron chi connectivity index (χ2n) is 3.25. The normalized spacial score (nSPS) is 12.3. The molecule has 0 aliphatic heterocycles. The molecule has 6 heteroatoms. The molecule has 0 aromatic heterocycles. The van der Waals surface area contributed by atoms with Crippen LogP contribution in [-0.4, -0.2) is 27.1 Å². The zero-order valence-electron chi connectivity index (χ0n) is 9.00. The number of benzene rings is 1. The zero-order valence-corrected chi connectivity index (χ0v) is 9.76. The van der Waals surface area contributed by atoms with E-state index in [0.29, 0.717) is 6.08 Å². The summed E-state index contributed by atoms with van der Waals surface area (Å²) in [5.41, 5.74) is 0.232. The van der Waals surface area contributed by atoms with E-state index in [1.807, 2.05) is 0 Å². The van der Waals surface area contributed by atoms with Gasteiger partial charge >= 0.3 is 5.97 Å². The maximum atomic E-state index is 11.3. The number of carboxylic acids is 1. The van der Waals surface area contributed by atoms with Gasteiger partial charge in [0.2, 0.25) is 5.76 Å². The van der Waals surface area contributed by atoms with Crippen LogP contribution in [-0.2, 0) is 9.59 Å². The monoisotopic (exact) mass is 268 g/mol. The topological polar surface area (TPSA) is 94.8 Å². The Labute approximate surface area is 107 Å². The van der Waals surface area contributed by atoms with Crippen molar-refractivity contribution < 1.29 is 24.9 Å². The van der Waals surface area contributed by atoms with Crippen molar-refractivity contribution in [1.82, 2.24) is 0 Å². The molecule has 5 nitrogen and oxygen atoms in total. The van der Waals surface area contributed by atoms with Crippen LogP contribution in [0.3, 0.4) is 0 Å². The first-order valence-corrected chi connectivity index (χ1v) is 5.13. The van der Waals surface area contributed by atoms with E-state index in [0.717, 1.165) is 6.08 Å². The van der Waals surface area contributed by atoms with Crippen LogP contribution in [0, 0.1) is 0 Å². The van der Waals surface area contributed by atoms with Gasteiger partial charge in [-0.25, -0.2) is 4.79 Å². The summed E-state index contributed by atoms with van der Waals surface area (Å²) in [7, 11) is 0. The highest BCUT2D eigenvalue weighted by molar-refractivity contribution is 6.32. The number of carboxylic acid groups (broad SMARTS) is 1. The van der Waals surface area contributed by atoms with Crippen LogP contribution in [0.2, 0.25) is 5.02 Å². The molecule has 0 aliphatic carbocycles. The number of carbonyl (C=O) groups is 2. The van der Waals surface area contributed by atoms with Crippen molar-refractivity contribution in [2.45, 2.75) is 0 Å². The van der Waals surface area contributed by atoms with Gasteiger partial charge in [0, 0.05) is 17.7 Å². The van der Waals surface area contributed by atoms with Crippen molar-refractivity contribution in [1.29, 1.82) is 0 Å². The minimum atomic E-state index is -1.63. The minimum Gasteiger partial charge on any atom is -0.507 e. The Morgan fingerprint density at radius 3 is 2.22 bits per heavy atom. The molecular weight excluding hydrogens is 260 g/mol. The highest BCUT2D eigenvalue weighted by Gasteiger charge is 2.09. The zero-order chi connectivity index (χ0) is 13.7. The number of allylic oxidation sites excluding steroid dienone is 2. The summed E-state index contributed by atoms with van der Waals surface area (Å²) < 4.78 is 0. The van der Waals surface area contributed by atoms with Crippen molar-refractivity contribution in [2.75, 3.05) is 0 Å². The van der Waals surface area contributed by atoms with E-state index < -0.39 is 23.3 Å². The first-order valence-electron chi connectivity index (χ1n) is 4.75. The maximum absolute atomic E-state index is 11.3. The number of halogens is 1. The lowest BCUT2D eigenvalue weighted by Crippen LogP contribution is -2.02. The lowest BCUT2D eigenvalue weighted by atomic mass is 10.1. The average Bonchev–Trinajstić information content (AvgIpc) is 2.28. The molecule has 0 unspecified atom stereocenters. The van der Waals surface area contributed by atoms with Gasteiger partial charge in [-0.2, -0.15) is 0 Å². The number of rotatable bonds is 4. The van der Waals surface area contributed by atoms with Gasteiger partial charge < -0.3 is 15.3 Å². The summed E-state index contributed by atoms with van der Waals surface area (Å²) >= 11 is 5.79. The fourth-order valence-corrected chi connectivity index (χ4v) is 1.35. The third kappa shape index (κ3) is 3.64. The SMILES string of the molecule is O=C(/C=C(\O)C(=O)O)/C=C(\O)c1ccccc1Cl. The maximum Gasteiger partial charge on any atom is 0.371 e. The predicted molar refractivity (Wildman–Crippen MR) is 65.4 cm³/mol. The van der Waals surface area contributed by atoms with Crippen molar-refractivity contribution in [3.05, 3.63) is 52.8 Å². The molecule has 0 fully saturated rings. The van der Waals surface area contributed by atoms with E-state index in [4.69, 9.17) is 21.8 Å². The van der Waals surface area contributed by atoms with Gasteiger partial charge in [0.15, 0.2) is 5.78 Å². The molecule has 0 atom stereocenters. The molecule has 3 N–H and O–H groups in total. The number of ketones is 1. The lowest BCUT2D eigenvalue weighted by Gasteiger charge is -2.01. The van der Waals surface area contributed by atoms with E-state index in [2.05, 4.69) is 0 Å². The van der Waals surface area contributed by atoms with E-state index in [-0.39, 0.29) is 10.6 Å². The summed E-state index contributed by atoms with van der Waals surface area (Å²) in [5.74, 6) is -4.02. The molecule has 0 amide bonds. The summed E-state index contributed by atoms with van der Waals surface area (Å²) in [5, 5.41) is 27.1. The molecule has 0 bridgehead atoms. The van der Waals surface area contributed by atoms with E-state index >= 15 is 0 Å². The van der Waals surface area contributed by atoms with E-state index in [1.54, 1.807) is 12.1 Å². The third-order valence-electron chi connectivity index (χ3n) is 1.93. The fraction of sp³-hybridized carbons (Fsp3) is 0. The molecule has 0 aliphatic rings. The van der Waals surface area contributed by atoms with Gasteiger partial charge in [0.1, 0.15) is 5.76 Å². The molecule has 0 saturated heterocycles. The largest absolute Gasteiger partial charge is 0.507 e. The van der Waals surface area contributed by atoms with Gasteiger partial charge in [-0.1, -0.05) is 23.7 Å². The smallest absolute Gasteiger partial charge is 0.371 e. The minimum absolute atomic E-state index is 0.232. The molecular formula is C12H9ClO5. The van der Waals surface area contributed by atoms with E-state index in [9.17, 15) is 14.7 Å². The molecule has 94 valence electrons. The highest BCUT2D eigenvalue weighted by Crippen LogP contribution is 2.21. The van der Waals surface area contributed by atoms with Crippen LogP contribution in [0.5, 0.6) is 0 Å². The van der Waals surface area contributed by atoms with E-state index in [1.165, 1.54) is 12.1 Å². The Morgan fingerprint density at radius 1 is 1.06 bits per heavy atom. The number of carbonyl (C=O) groups excluding carboxylic acids is 1. The Morgan fingerprint density at radius 2 is 1.67 bits per heavy atom. The van der Waals surface area contributed by atoms with Crippen LogP contribution in [0.4, 0.5) is 0 Å². The van der Waals surface area contributed by atoms with Crippen molar-refractivity contribution in [2.24, 2.45) is 0 Å². The molecule has 1 aromatic rings. The number of aliphatic hydroxyl groups excluding tert-OH is 2. The van der Waals surface area contributed by atoms with Crippen LogP contribution in [0.15, 0.2) is 42.2 Å². The van der Waals surface area contributed by atoms with Crippen LogP contribution in [0.25, 0.3) is 5.76 Å². The molecule has 0 heterocycles. The Hall–Kier alpha value is -2.27. The van der Waals surface area contributed by atoms with Gasteiger partial charge in [0.05, 0.1) is 5.02 Å². The molecule has 18 heavy (non-hydrogen) atoms. The number of aliphatic carboxylic acids is 1. The number of aliphatic hydroxyl groups is 2. The first kappa shape index (κ1) is 13.8. The molecule has 1 rings (SSSR count). The summed E-state index contributed by atoms with van der Waals surface area (Å²) in [6.07, 6.45) is 1.25. The summed E-state index contributed by atoms with van der Waals surface area (Å²) in [6.45, 7) is 0. The fourth-order valence-electron chi connectivity index (χ4n) is 1.12. The second-order valence-corrected chi connectivity index (χ2v) is 3.65. The van der Waals surface area contributed by atoms with Crippen molar-refractivity contribution in [3.8, 4) is 0 Å². The molecule has 1 aromatic carbocycles.